The standard InChI is InChI=1S/C32H30N2O12S2/c1-43-23-11-13-25(27(17-23)45-3)31(35)33-21-9-7-19(29(15-21)47(37,38)39)5-6-20-8-10-22(16-30(20)48(40,41)42)34-32(36)26-14-12-24(44-2)18-28(26)46-4/h5-18H,1-4H3,(H,33,35)(H,34,36)(H,37,38,39)(H,40,41,42)/p-2/b6-5+. The highest BCUT2D eigenvalue weighted by atomic mass is 32.2. The van der Waals surface area contributed by atoms with Gasteiger partial charge in [0.1, 0.15) is 43.2 Å². The van der Waals surface area contributed by atoms with E-state index >= 15 is 0 Å². The maximum absolute atomic E-state index is 12.9. The van der Waals surface area contributed by atoms with E-state index in [9.17, 15) is 35.5 Å². The molecule has 4 rings (SSSR count). The molecule has 0 aliphatic heterocycles. The van der Waals surface area contributed by atoms with Crippen LogP contribution >= 0.6 is 0 Å². The Morgan fingerprint density at radius 2 is 0.938 bits per heavy atom. The van der Waals surface area contributed by atoms with Crippen molar-refractivity contribution < 1.29 is 54.5 Å². The summed E-state index contributed by atoms with van der Waals surface area (Å²) < 4.78 is 93.7. The second-order valence-corrected chi connectivity index (χ2v) is 12.5. The van der Waals surface area contributed by atoms with E-state index in [1.165, 1.54) is 89.1 Å². The quantitative estimate of drug-likeness (QED) is 0.158. The summed E-state index contributed by atoms with van der Waals surface area (Å²) in [5, 5.41) is 5.01. The molecule has 0 heterocycles. The van der Waals surface area contributed by atoms with Crippen molar-refractivity contribution in [3.8, 4) is 23.0 Å². The van der Waals surface area contributed by atoms with Crippen LogP contribution in [0.2, 0.25) is 0 Å². The van der Waals surface area contributed by atoms with Crippen LogP contribution in [0.1, 0.15) is 31.8 Å². The van der Waals surface area contributed by atoms with Gasteiger partial charge in [-0.05, 0) is 59.7 Å². The van der Waals surface area contributed by atoms with Crippen molar-refractivity contribution in [3.63, 3.8) is 0 Å². The van der Waals surface area contributed by atoms with Crippen molar-refractivity contribution in [1.82, 2.24) is 0 Å². The number of amides is 2. The molecule has 4 aromatic rings. The predicted molar refractivity (Wildman–Crippen MR) is 173 cm³/mol. The van der Waals surface area contributed by atoms with E-state index in [0.29, 0.717) is 11.5 Å². The van der Waals surface area contributed by atoms with Gasteiger partial charge in [0.2, 0.25) is 0 Å². The van der Waals surface area contributed by atoms with Crippen LogP contribution in [0, 0.1) is 0 Å². The first kappa shape index (κ1) is 35.4. The van der Waals surface area contributed by atoms with E-state index in [1.54, 1.807) is 0 Å². The van der Waals surface area contributed by atoms with Crippen molar-refractivity contribution in [2.45, 2.75) is 9.79 Å². The van der Waals surface area contributed by atoms with Gasteiger partial charge in [-0.2, -0.15) is 0 Å². The van der Waals surface area contributed by atoms with Gasteiger partial charge >= 0.3 is 0 Å². The molecule has 0 aliphatic carbocycles. The second kappa shape index (κ2) is 14.6. The summed E-state index contributed by atoms with van der Waals surface area (Å²) in [6, 6.07) is 15.8. The molecule has 4 aromatic carbocycles. The van der Waals surface area contributed by atoms with Gasteiger partial charge in [0.25, 0.3) is 11.8 Å². The van der Waals surface area contributed by atoms with Gasteiger partial charge in [0.15, 0.2) is 0 Å². The van der Waals surface area contributed by atoms with E-state index in [4.69, 9.17) is 18.9 Å². The van der Waals surface area contributed by atoms with Crippen molar-refractivity contribution in [3.05, 3.63) is 95.1 Å². The van der Waals surface area contributed by atoms with E-state index in [-0.39, 0.29) is 45.1 Å². The summed E-state index contributed by atoms with van der Waals surface area (Å²) >= 11 is 0. The molecule has 14 nitrogen and oxygen atoms in total. The van der Waals surface area contributed by atoms with Gasteiger partial charge in [0, 0.05) is 23.5 Å². The first-order valence-electron chi connectivity index (χ1n) is 13.6. The summed E-state index contributed by atoms with van der Waals surface area (Å²) in [6.07, 6.45) is 2.24. The molecule has 0 saturated heterocycles. The lowest BCUT2D eigenvalue weighted by atomic mass is 10.1. The molecule has 0 aromatic heterocycles. The lowest BCUT2D eigenvalue weighted by Crippen LogP contribution is -2.14. The largest absolute Gasteiger partial charge is 0.744 e. The molecule has 0 fully saturated rings. The Labute approximate surface area is 276 Å². The van der Waals surface area contributed by atoms with Crippen LogP contribution in [-0.2, 0) is 20.2 Å². The molecular weight excluding hydrogens is 668 g/mol. The fourth-order valence-corrected chi connectivity index (χ4v) is 5.87. The number of benzene rings is 4. The minimum Gasteiger partial charge on any atom is -0.744 e. The minimum atomic E-state index is -5.12. The zero-order valence-corrected chi connectivity index (χ0v) is 27.4. The Kier molecular flexibility index (Phi) is 10.7. The maximum Gasteiger partial charge on any atom is 0.259 e. The van der Waals surface area contributed by atoms with Crippen LogP contribution < -0.4 is 29.6 Å². The molecule has 0 bridgehead atoms. The third-order valence-corrected chi connectivity index (χ3v) is 8.62. The molecule has 2 N–H and O–H groups in total. The SMILES string of the molecule is COc1ccc(C(=O)Nc2ccc(/C=C/c3ccc(NC(=O)c4ccc(OC)cc4OC)cc3S(=O)(=O)[O-])c(S(=O)(=O)[O-])c2)c(OC)c1. The maximum atomic E-state index is 12.9. The summed E-state index contributed by atoms with van der Waals surface area (Å²) in [5.74, 6) is -0.122. The number of methoxy groups -OCH3 is 4. The summed E-state index contributed by atoms with van der Waals surface area (Å²) in [4.78, 5) is 24.4. The molecule has 2 amide bonds. The Balaban J connectivity index is 1.64. The number of hydrogen-bond acceptors (Lipinski definition) is 12. The molecule has 0 spiro atoms. The van der Waals surface area contributed by atoms with Gasteiger partial charge in [-0.15, -0.1) is 0 Å². The average Bonchev–Trinajstić information content (AvgIpc) is 3.06. The first-order chi connectivity index (χ1) is 22.7. The van der Waals surface area contributed by atoms with Crippen LogP contribution in [0.15, 0.2) is 82.6 Å². The van der Waals surface area contributed by atoms with E-state index in [2.05, 4.69) is 10.6 Å². The normalized spacial score (nSPS) is 11.5. The van der Waals surface area contributed by atoms with Crippen LogP contribution in [0.5, 0.6) is 23.0 Å². The molecule has 0 saturated carbocycles. The van der Waals surface area contributed by atoms with Gasteiger partial charge in [-0.3, -0.25) is 9.59 Å². The fraction of sp³-hybridized carbons (Fsp3) is 0.125. The highest BCUT2D eigenvalue weighted by Gasteiger charge is 2.18. The number of hydrogen-bond donors (Lipinski definition) is 2. The van der Waals surface area contributed by atoms with Crippen LogP contribution in [0.25, 0.3) is 12.2 Å². The lowest BCUT2D eigenvalue weighted by molar-refractivity contribution is 0.101. The Morgan fingerprint density at radius 1 is 0.562 bits per heavy atom. The monoisotopic (exact) mass is 696 g/mol. The number of rotatable bonds is 12. The van der Waals surface area contributed by atoms with Crippen molar-refractivity contribution in [2.24, 2.45) is 0 Å². The van der Waals surface area contributed by atoms with Gasteiger partial charge < -0.3 is 38.7 Å². The van der Waals surface area contributed by atoms with E-state index in [1.807, 2.05) is 0 Å². The molecule has 0 atom stereocenters. The molecule has 0 aliphatic rings. The molecule has 0 radical (unpaired) electrons. The van der Waals surface area contributed by atoms with Crippen LogP contribution in [0.4, 0.5) is 11.4 Å². The molecule has 0 unspecified atom stereocenters. The van der Waals surface area contributed by atoms with Gasteiger partial charge in [-0.1, -0.05) is 24.3 Å². The van der Waals surface area contributed by atoms with Crippen molar-refractivity contribution >= 4 is 55.6 Å². The van der Waals surface area contributed by atoms with Crippen LogP contribution in [-0.4, -0.2) is 66.2 Å². The molecular formula is C32H28N2O12S2-2. The van der Waals surface area contributed by atoms with Crippen molar-refractivity contribution in [2.75, 3.05) is 39.1 Å². The number of carbonyl (C=O) groups is 2. The first-order valence-corrected chi connectivity index (χ1v) is 16.4. The Morgan fingerprint density at radius 3 is 1.25 bits per heavy atom. The third kappa shape index (κ3) is 8.29. The van der Waals surface area contributed by atoms with Gasteiger partial charge in [0.05, 0.1) is 49.4 Å². The molecule has 252 valence electrons. The molecule has 48 heavy (non-hydrogen) atoms. The average molecular weight is 697 g/mol. The zero-order chi connectivity index (χ0) is 35.2. The summed E-state index contributed by atoms with van der Waals surface area (Å²) in [6.45, 7) is 0. The Bertz CT molecular complexity index is 1980. The fourth-order valence-electron chi connectivity index (χ4n) is 4.48. The van der Waals surface area contributed by atoms with Gasteiger partial charge in [-0.25, -0.2) is 16.8 Å². The smallest absolute Gasteiger partial charge is 0.259 e. The predicted octanol–water partition coefficient (Wildman–Crippen LogP) is 4.20. The highest BCUT2D eigenvalue weighted by Crippen LogP contribution is 2.30. The van der Waals surface area contributed by atoms with Crippen LogP contribution in [0.3, 0.4) is 0 Å². The number of anilines is 2. The number of nitrogens with one attached hydrogen (secondary N) is 2. The van der Waals surface area contributed by atoms with E-state index < -0.39 is 41.8 Å². The Hall–Kier alpha value is -5.42. The minimum absolute atomic E-state index is 0.0409. The second-order valence-electron chi connectivity index (χ2n) is 9.79. The van der Waals surface area contributed by atoms with Crippen molar-refractivity contribution in [1.29, 1.82) is 0 Å². The zero-order valence-electron chi connectivity index (χ0n) is 25.8. The summed E-state index contributed by atoms with van der Waals surface area (Å²) in [5.41, 5.74) is -0.209. The number of ether oxygens (including phenoxy) is 4. The third-order valence-electron chi connectivity index (χ3n) is 6.83. The molecule has 16 heteroatoms. The van der Waals surface area contributed by atoms with E-state index in [0.717, 1.165) is 24.3 Å². The summed E-state index contributed by atoms with van der Waals surface area (Å²) in [7, 11) is -4.66. The number of carbonyl (C=O) groups excluding carboxylic acids is 2. The topological polar surface area (TPSA) is 210 Å². The highest BCUT2D eigenvalue weighted by molar-refractivity contribution is 7.86. The lowest BCUT2D eigenvalue weighted by Gasteiger charge is -2.16.